The van der Waals surface area contributed by atoms with Gasteiger partial charge in [-0.05, 0) is 75.8 Å². The fourth-order valence-corrected chi connectivity index (χ4v) is 3.98. The lowest BCUT2D eigenvalue weighted by molar-refractivity contribution is -0.159. The van der Waals surface area contributed by atoms with Crippen LogP contribution in [0.1, 0.15) is 37.4 Å². The van der Waals surface area contributed by atoms with E-state index in [0.29, 0.717) is 11.5 Å². The van der Waals surface area contributed by atoms with Crippen LogP contribution in [0.25, 0.3) is 0 Å². The third-order valence-corrected chi connectivity index (χ3v) is 5.81. The number of carboxylic acids is 2. The Bertz CT molecular complexity index is 964. The molecular weight excluding hydrogens is 468 g/mol. The molecule has 36 heavy (non-hydrogen) atoms. The highest BCUT2D eigenvalue weighted by Crippen LogP contribution is 2.42. The van der Waals surface area contributed by atoms with E-state index in [9.17, 15) is 0 Å². The zero-order valence-corrected chi connectivity index (χ0v) is 20.5. The third-order valence-electron chi connectivity index (χ3n) is 5.81. The number of nitrogens with zero attached hydrogens (tertiary/aromatic N) is 1. The number of carboxylic acid groups (broad SMARTS) is 2. The molecular formula is C26H34N2O8. The lowest BCUT2D eigenvalue weighted by Crippen LogP contribution is -2.21. The summed E-state index contributed by atoms with van der Waals surface area (Å²) in [6.07, 6.45) is 4.50. The largest absolute Gasteiger partial charge is 0.494 e. The second kappa shape index (κ2) is 14.2. The third kappa shape index (κ3) is 8.31. The van der Waals surface area contributed by atoms with Crippen LogP contribution in [0.2, 0.25) is 0 Å². The monoisotopic (exact) mass is 502 g/mol. The molecule has 2 aliphatic heterocycles. The first kappa shape index (κ1) is 27.1. The number of rotatable bonds is 11. The zero-order valence-electron chi connectivity index (χ0n) is 20.5. The van der Waals surface area contributed by atoms with E-state index in [1.54, 1.807) is 0 Å². The average Bonchev–Trinajstić information content (AvgIpc) is 3.58. The smallest absolute Gasteiger partial charge is 0.414 e. The molecule has 0 aliphatic carbocycles. The van der Waals surface area contributed by atoms with Crippen LogP contribution in [0.5, 0.6) is 23.0 Å². The van der Waals surface area contributed by atoms with Crippen molar-refractivity contribution in [2.45, 2.75) is 31.8 Å². The number of fused-ring (bicyclic) bond motifs is 1. The number of ether oxygens (including phenoxy) is 4. The van der Waals surface area contributed by atoms with Crippen LogP contribution in [0.3, 0.4) is 0 Å². The van der Waals surface area contributed by atoms with Gasteiger partial charge in [-0.25, -0.2) is 9.59 Å². The van der Waals surface area contributed by atoms with Gasteiger partial charge in [-0.1, -0.05) is 18.2 Å². The minimum Gasteiger partial charge on any atom is -0.494 e. The van der Waals surface area contributed by atoms with Crippen molar-refractivity contribution in [2.24, 2.45) is 0 Å². The van der Waals surface area contributed by atoms with E-state index in [4.69, 9.17) is 38.7 Å². The number of para-hydroxylation sites is 1. The second-order valence-electron chi connectivity index (χ2n) is 8.42. The van der Waals surface area contributed by atoms with Crippen LogP contribution in [-0.2, 0) is 9.59 Å². The van der Waals surface area contributed by atoms with Gasteiger partial charge < -0.3 is 39.4 Å². The van der Waals surface area contributed by atoms with Crippen LogP contribution < -0.4 is 24.3 Å². The Hall–Kier alpha value is -3.50. The summed E-state index contributed by atoms with van der Waals surface area (Å²) in [6, 6.07) is 14.0. The molecule has 1 atom stereocenters. The van der Waals surface area contributed by atoms with Gasteiger partial charge in [0.15, 0.2) is 11.5 Å². The summed E-state index contributed by atoms with van der Waals surface area (Å²) >= 11 is 0. The van der Waals surface area contributed by atoms with Gasteiger partial charge in [0, 0.05) is 13.0 Å². The van der Waals surface area contributed by atoms with Crippen molar-refractivity contribution in [3.63, 3.8) is 0 Å². The first-order chi connectivity index (χ1) is 17.5. The molecule has 196 valence electrons. The molecule has 0 bridgehead atoms. The van der Waals surface area contributed by atoms with Gasteiger partial charge in [-0.3, -0.25) is 0 Å². The van der Waals surface area contributed by atoms with Crippen molar-refractivity contribution in [1.29, 1.82) is 0 Å². The molecule has 1 saturated heterocycles. The van der Waals surface area contributed by atoms with Crippen LogP contribution in [-0.4, -0.2) is 73.7 Å². The van der Waals surface area contributed by atoms with Crippen molar-refractivity contribution in [3.05, 3.63) is 48.0 Å². The quantitative estimate of drug-likeness (QED) is 0.311. The zero-order chi connectivity index (χ0) is 25.8. The van der Waals surface area contributed by atoms with Crippen LogP contribution in [0.15, 0.2) is 42.5 Å². The molecule has 1 fully saturated rings. The summed E-state index contributed by atoms with van der Waals surface area (Å²) in [7, 11) is 1.95. The Labute approximate surface area is 210 Å². The number of nitrogens with one attached hydrogen (secondary N) is 1. The van der Waals surface area contributed by atoms with Gasteiger partial charge in [-0.2, -0.15) is 0 Å². The fourth-order valence-electron chi connectivity index (χ4n) is 3.98. The molecule has 10 heteroatoms. The number of hydrogen-bond donors (Lipinski definition) is 3. The van der Waals surface area contributed by atoms with Crippen LogP contribution >= 0.6 is 0 Å². The predicted molar refractivity (Wildman–Crippen MR) is 132 cm³/mol. The lowest BCUT2D eigenvalue weighted by Gasteiger charge is -2.21. The molecule has 2 heterocycles. The number of aliphatic carboxylic acids is 2. The predicted octanol–water partition coefficient (Wildman–Crippen LogP) is 3.17. The van der Waals surface area contributed by atoms with Crippen LogP contribution in [0, 0.1) is 0 Å². The minimum atomic E-state index is -1.82. The van der Waals surface area contributed by atoms with E-state index in [1.165, 1.54) is 25.9 Å². The molecule has 0 saturated carbocycles. The van der Waals surface area contributed by atoms with E-state index in [-0.39, 0.29) is 12.9 Å². The minimum absolute atomic E-state index is 0.0858. The summed E-state index contributed by atoms with van der Waals surface area (Å²) in [5.74, 6) is -0.606. The van der Waals surface area contributed by atoms with Gasteiger partial charge in [-0.15, -0.1) is 0 Å². The molecule has 0 aromatic heterocycles. The standard InChI is InChI=1S/C24H32N2O4.C2H2O4/c1-25-13-12-21(30-23-7-4-6-22-24(23)29-18-28-22)19-8-10-20(11-9-19)27-17-5-16-26-14-2-3-15-26;3-1(4)2(5)6/h4,6-11,21,25H,2-3,5,12-18H2,1H3;(H,3,4)(H,5,6). The topological polar surface area (TPSA) is 127 Å². The molecule has 0 radical (unpaired) electrons. The van der Waals surface area contributed by atoms with Crippen molar-refractivity contribution in [3.8, 4) is 23.0 Å². The van der Waals surface area contributed by atoms with E-state index >= 15 is 0 Å². The van der Waals surface area contributed by atoms with Crippen molar-refractivity contribution >= 4 is 11.9 Å². The fraction of sp³-hybridized carbons (Fsp3) is 0.462. The summed E-state index contributed by atoms with van der Waals surface area (Å²) in [6.45, 7) is 5.45. The average molecular weight is 503 g/mol. The summed E-state index contributed by atoms with van der Waals surface area (Å²) in [5.41, 5.74) is 1.12. The summed E-state index contributed by atoms with van der Waals surface area (Å²) in [4.78, 5) is 20.7. The lowest BCUT2D eigenvalue weighted by atomic mass is 10.1. The number of benzene rings is 2. The highest BCUT2D eigenvalue weighted by Gasteiger charge is 2.22. The van der Waals surface area contributed by atoms with Crippen molar-refractivity contribution < 1.29 is 38.7 Å². The van der Waals surface area contributed by atoms with E-state index in [0.717, 1.165) is 49.6 Å². The van der Waals surface area contributed by atoms with Crippen molar-refractivity contribution in [1.82, 2.24) is 10.2 Å². The van der Waals surface area contributed by atoms with E-state index in [1.807, 2.05) is 37.4 Å². The van der Waals surface area contributed by atoms with E-state index in [2.05, 4.69) is 22.3 Å². The Morgan fingerprint density at radius 2 is 1.78 bits per heavy atom. The van der Waals surface area contributed by atoms with Gasteiger partial charge in [0.25, 0.3) is 0 Å². The maximum Gasteiger partial charge on any atom is 0.414 e. The molecule has 10 nitrogen and oxygen atoms in total. The normalized spacial score (nSPS) is 15.0. The molecule has 3 N–H and O–H groups in total. The van der Waals surface area contributed by atoms with E-state index < -0.39 is 11.9 Å². The van der Waals surface area contributed by atoms with Crippen LogP contribution in [0.4, 0.5) is 0 Å². The Balaban J connectivity index is 0.000000538. The second-order valence-corrected chi connectivity index (χ2v) is 8.42. The van der Waals surface area contributed by atoms with Crippen molar-refractivity contribution in [2.75, 3.05) is 46.6 Å². The molecule has 0 spiro atoms. The van der Waals surface area contributed by atoms with Gasteiger partial charge in [0.1, 0.15) is 11.9 Å². The summed E-state index contributed by atoms with van der Waals surface area (Å²) < 4.78 is 23.4. The maximum atomic E-state index is 9.10. The Kier molecular flexibility index (Phi) is 10.7. The highest BCUT2D eigenvalue weighted by atomic mass is 16.7. The molecule has 0 amide bonds. The first-order valence-electron chi connectivity index (χ1n) is 12.1. The number of carbonyl (C=O) groups is 2. The molecule has 2 aromatic carbocycles. The Morgan fingerprint density at radius 1 is 1.06 bits per heavy atom. The molecule has 2 aliphatic rings. The number of likely N-dealkylation sites (tertiary alicyclic amines) is 1. The molecule has 4 rings (SSSR count). The molecule has 2 aromatic rings. The highest BCUT2D eigenvalue weighted by molar-refractivity contribution is 6.27. The van der Waals surface area contributed by atoms with Gasteiger partial charge >= 0.3 is 11.9 Å². The van der Waals surface area contributed by atoms with Gasteiger partial charge in [0.05, 0.1) is 6.61 Å². The number of hydrogen-bond acceptors (Lipinski definition) is 8. The van der Waals surface area contributed by atoms with Gasteiger partial charge in [0.2, 0.25) is 12.5 Å². The Morgan fingerprint density at radius 3 is 2.44 bits per heavy atom. The molecule has 1 unspecified atom stereocenters. The first-order valence-corrected chi connectivity index (χ1v) is 12.1. The summed E-state index contributed by atoms with van der Waals surface area (Å²) in [5, 5.41) is 18.0. The maximum absolute atomic E-state index is 9.10. The SMILES string of the molecule is CNCCC(Oc1cccc2c1OCO2)c1ccc(OCCCN2CCCC2)cc1.O=C(O)C(=O)O.